The molecule has 0 bridgehead atoms. The largest absolute Gasteiger partial charge is 0.479 e. The Bertz CT molecular complexity index is 679. The molecule has 1 fully saturated rings. The van der Waals surface area contributed by atoms with Crippen LogP contribution >= 0.6 is 22.6 Å². The molecule has 1 aliphatic heterocycles. The highest BCUT2D eigenvalue weighted by molar-refractivity contribution is 14.1. The fourth-order valence-electron chi connectivity index (χ4n) is 2.51. The summed E-state index contributed by atoms with van der Waals surface area (Å²) in [4.78, 5) is 37.0. The molecule has 1 heterocycles. The van der Waals surface area contributed by atoms with Gasteiger partial charge in [-0.1, -0.05) is 47.4 Å². The highest BCUT2D eigenvalue weighted by Crippen LogP contribution is 2.40. The van der Waals surface area contributed by atoms with E-state index >= 15 is 0 Å². The lowest BCUT2D eigenvalue weighted by atomic mass is 9.96. The molecule has 2 rings (SSSR count). The van der Waals surface area contributed by atoms with Crippen LogP contribution in [-0.2, 0) is 14.4 Å². The number of benzene rings is 1. The third kappa shape index (κ3) is 3.10. The Morgan fingerprint density at radius 3 is 2.38 bits per heavy atom. The van der Waals surface area contributed by atoms with Crippen LogP contribution in [0.25, 0.3) is 0 Å². The Kier molecular flexibility index (Phi) is 5.16. The number of carbonyl (C=O) groups excluding carboxylic acids is 2. The number of nitrogens with one attached hydrogen (secondary N) is 1. The molecule has 2 amide bonds. The van der Waals surface area contributed by atoms with E-state index < -0.39 is 33.6 Å². The number of aliphatic carboxylic acids is 1. The smallest absolute Gasteiger partial charge is 0.330 e. The molecule has 0 radical (unpaired) electrons. The van der Waals surface area contributed by atoms with Crippen molar-refractivity contribution in [1.29, 1.82) is 0 Å². The van der Waals surface area contributed by atoms with E-state index in [0.717, 1.165) is 4.90 Å². The number of nitrogens with zero attached hydrogens (tertiary/aromatic N) is 1. The molecular weight excluding hydrogens is 427 g/mol. The van der Waals surface area contributed by atoms with E-state index in [4.69, 9.17) is 4.74 Å². The number of hydrogen-bond donors (Lipinski definition) is 2. The monoisotopic (exact) mass is 444 g/mol. The van der Waals surface area contributed by atoms with Crippen LogP contribution in [0.15, 0.2) is 42.5 Å². The Hall–Kier alpha value is -2.10. The number of hydrogen-bond acceptors (Lipinski definition) is 4. The average Bonchev–Trinajstić information content (AvgIpc) is 2.50. The first-order chi connectivity index (χ1) is 11.2. The van der Waals surface area contributed by atoms with Crippen molar-refractivity contribution < 1.29 is 24.2 Å². The van der Waals surface area contributed by atoms with E-state index in [9.17, 15) is 19.5 Å². The SMILES string of the molecule is C=C(C)C(C(=O)O)N1C(=O)C(NC(C)=O)(Oc2ccccc2)C1I. The van der Waals surface area contributed by atoms with E-state index in [1.165, 1.54) is 13.8 Å². The Labute approximate surface area is 152 Å². The number of ether oxygens (including phenoxy) is 1. The van der Waals surface area contributed by atoms with Crippen LogP contribution in [-0.4, -0.2) is 43.6 Å². The first-order valence-corrected chi connectivity index (χ1v) is 8.33. The van der Waals surface area contributed by atoms with Gasteiger partial charge < -0.3 is 20.1 Å². The summed E-state index contributed by atoms with van der Waals surface area (Å²) in [7, 11) is 0. The number of para-hydroxylation sites is 1. The van der Waals surface area contributed by atoms with Gasteiger partial charge in [0.25, 0.3) is 11.6 Å². The second kappa shape index (κ2) is 6.80. The molecule has 24 heavy (non-hydrogen) atoms. The molecule has 8 heteroatoms. The molecule has 0 spiro atoms. The first kappa shape index (κ1) is 18.2. The lowest BCUT2D eigenvalue weighted by Gasteiger charge is -2.54. The van der Waals surface area contributed by atoms with Crippen LogP contribution in [0.3, 0.4) is 0 Å². The predicted molar refractivity (Wildman–Crippen MR) is 94.5 cm³/mol. The Balaban J connectivity index is 2.36. The van der Waals surface area contributed by atoms with Crippen molar-refractivity contribution in [3.63, 3.8) is 0 Å². The second-order valence-electron chi connectivity index (χ2n) is 5.47. The minimum Gasteiger partial charge on any atom is -0.479 e. The minimum absolute atomic E-state index is 0.314. The Morgan fingerprint density at radius 1 is 1.38 bits per heavy atom. The molecule has 0 saturated carbocycles. The van der Waals surface area contributed by atoms with E-state index in [0.29, 0.717) is 11.3 Å². The highest BCUT2D eigenvalue weighted by atomic mass is 127. The number of carboxylic acid groups (broad SMARTS) is 1. The molecule has 3 unspecified atom stereocenters. The maximum absolute atomic E-state index is 12.8. The molecule has 1 aromatic carbocycles. The molecule has 1 saturated heterocycles. The van der Waals surface area contributed by atoms with Crippen LogP contribution < -0.4 is 10.1 Å². The van der Waals surface area contributed by atoms with Gasteiger partial charge in [-0.3, -0.25) is 9.59 Å². The molecule has 0 aromatic heterocycles. The van der Waals surface area contributed by atoms with Gasteiger partial charge in [-0.15, -0.1) is 0 Å². The maximum atomic E-state index is 12.8. The van der Waals surface area contributed by atoms with E-state index in [-0.39, 0.29) is 0 Å². The van der Waals surface area contributed by atoms with Gasteiger partial charge in [0.05, 0.1) is 0 Å². The van der Waals surface area contributed by atoms with Gasteiger partial charge in [0.15, 0.2) is 10.1 Å². The van der Waals surface area contributed by atoms with Crippen molar-refractivity contribution in [2.75, 3.05) is 0 Å². The summed E-state index contributed by atoms with van der Waals surface area (Å²) in [6.07, 6.45) is 0. The predicted octanol–water partition coefficient (Wildman–Crippen LogP) is 1.53. The number of amides is 2. The zero-order valence-corrected chi connectivity index (χ0v) is 15.3. The van der Waals surface area contributed by atoms with Gasteiger partial charge in [0.1, 0.15) is 5.75 Å². The van der Waals surface area contributed by atoms with Gasteiger partial charge in [-0.2, -0.15) is 0 Å². The topological polar surface area (TPSA) is 95.9 Å². The Morgan fingerprint density at radius 2 is 1.96 bits per heavy atom. The summed E-state index contributed by atoms with van der Waals surface area (Å²) < 4.78 is 5.04. The van der Waals surface area contributed by atoms with Crippen LogP contribution in [0.4, 0.5) is 0 Å². The average molecular weight is 444 g/mol. The lowest BCUT2D eigenvalue weighted by molar-refractivity contribution is -0.187. The molecule has 7 nitrogen and oxygen atoms in total. The number of rotatable bonds is 6. The summed E-state index contributed by atoms with van der Waals surface area (Å²) in [5.74, 6) is -1.88. The summed E-state index contributed by atoms with van der Waals surface area (Å²) >= 11 is 1.89. The summed E-state index contributed by atoms with van der Waals surface area (Å²) in [5, 5.41) is 11.9. The summed E-state index contributed by atoms with van der Waals surface area (Å²) in [5.41, 5.74) is -1.33. The molecular formula is C16H17IN2O5. The molecule has 3 atom stereocenters. The van der Waals surface area contributed by atoms with Crippen LogP contribution in [0.2, 0.25) is 0 Å². The number of halogens is 1. The van der Waals surface area contributed by atoms with Crippen molar-refractivity contribution in [3.8, 4) is 5.75 Å². The van der Waals surface area contributed by atoms with Crippen molar-refractivity contribution in [2.24, 2.45) is 0 Å². The zero-order chi connectivity index (χ0) is 18.1. The fraction of sp³-hybridized carbons (Fsp3) is 0.312. The highest BCUT2D eigenvalue weighted by Gasteiger charge is 2.66. The standard InChI is InChI=1S/C16H17IN2O5/c1-9(2)12(13(21)22)19-14(17)16(15(19)23,18-10(3)20)24-11-7-5-4-6-8-11/h4-8,12,14H,1H2,2-3H3,(H,18,20)(H,21,22). The first-order valence-electron chi connectivity index (χ1n) is 7.08. The van der Waals surface area contributed by atoms with Crippen LogP contribution in [0.1, 0.15) is 13.8 Å². The third-order valence-electron chi connectivity index (χ3n) is 3.49. The summed E-state index contributed by atoms with van der Waals surface area (Å²) in [6, 6.07) is 7.37. The van der Waals surface area contributed by atoms with E-state index in [2.05, 4.69) is 11.9 Å². The van der Waals surface area contributed by atoms with Gasteiger partial charge >= 0.3 is 5.97 Å². The number of alkyl halides is 1. The number of carbonyl (C=O) groups is 3. The summed E-state index contributed by atoms with van der Waals surface area (Å²) in [6.45, 7) is 6.44. The van der Waals surface area contributed by atoms with Gasteiger partial charge in [0.2, 0.25) is 5.91 Å². The number of β-lactam (4-membered cyclic amide) rings is 1. The second-order valence-corrected chi connectivity index (χ2v) is 6.65. The zero-order valence-electron chi connectivity index (χ0n) is 13.2. The van der Waals surface area contributed by atoms with Crippen molar-refractivity contribution >= 4 is 40.4 Å². The number of likely N-dealkylation sites (tertiary alicyclic amines) is 1. The van der Waals surface area contributed by atoms with Crippen molar-refractivity contribution in [2.45, 2.75) is 29.7 Å². The van der Waals surface area contributed by atoms with E-state index in [1.807, 2.05) is 22.6 Å². The quantitative estimate of drug-likeness (QED) is 0.173. The fourth-order valence-corrected chi connectivity index (χ4v) is 3.63. The van der Waals surface area contributed by atoms with E-state index in [1.54, 1.807) is 30.3 Å². The number of carboxylic acids is 1. The van der Waals surface area contributed by atoms with Crippen LogP contribution in [0, 0.1) is 0 Å². The minimum atomic E-state index is -1.64. The lowest BCUT2D eigenvalue weighted by Crippen LogP contribution is -2.82. The normalized spacial score (nSPS) is 23.9. The molecule has 1 aromatic rings. The molecule has 1 aliphatic rings. The van der Waals surface area contributed by atoms with Gasteiger partial charge in [0, 0.05) is 6.92 Å². The van der Waals surface area contributed by atoms with Gasteiger partial charge in [-0.05, 0) is 24.6 Å². The van der Waals surface area contributed by atoms with Crippen molar-refractivity contribution in [3.05, 3.63) is 42.5 Å². The molecule has 128 valence electrons. The maximum Gasteiger partial charge on any atom is 0.330 e. The van der Waals surface area contributed by atoms with Gasteiger partial charge in [-0.25, -0.2) is 4.79 Å². The molecule has 0 aliphatic carbocycles. The third-order valence-corrected chi connectivity index (χ3v) is 4.97. The molecule has 2 N–H and O–H groups in total. The van der Waals surface area contributed by atoms with Crippen molar-refractivity contribution in [1.82, 2.24) is 10.2 Å². The van der Waals surface area contributed by atoms with Crippen LogP contribution in [0.5, 0.6) is 5.75 Å².